The Hall–Kier alpha value is -0.0600. The zero-order valence-electron chi connectivity index (χ0n) is 5.88. The van der Waals surface area contributed by atoms with Crippen molar-refractivity contribution >= 4 is 43.2 Å². The molecule has 0 radical (unpaired) electrons. The Kier molecular flexibility index (Phi) is 2.39. The van der Waals surface area contributed by atoms with Gasteiger partial charge in [-0.3, -0.25) is 0 Å². The maximum absolute atomic E-state index is 5.39. The molecule has 2 rings (SSSR count). The Morgan fingerprint density at radius 3 is 2.42 bits per heavy atom. The molecule has 0 N–H and O–H groups in total. The van der Waals surface area contributed by atoms with Crippen molar-refractivity contribution in [3.63, 3.8) is 0 Å². The van der Waals surface area contributed by atoms with Gasteiger partial charge in [0.1, 0.15) is 5.76 Å². The molecule has 0 aliphatic rings. The van der Waals surface area contributed by atoms with E-state index in [1.165, 1.54) is 0 Å². The van der Waals surface area contributed by atoms with E-state index in [0.717, 1.165) is 19.1 Å². The summed E-state index contributed by atoms with van der Waals surface area (Å²) in [5.41, 5.74) is 0. The third-order valence-electron chi connectivity index (χ3n) is 1.39. The molecule has 0 aliphatic heterocycles. The van der Waals surface area contributed by atoms with Crippen LogP contribution in [0, 0.1) is 0 Å². The van der Waals surface area contributed by atoms with Crippen molar-refractivity contribution in [3.8, 4) is 10.6 Å². The zero-order chi connectivity index (χ0) is 8.55. The second-order valence-electron chi connectivity index (χ2n) is 2.21. The molecule has 0 amide bonds. The van der Waals surface area contributed by atoms with E-state index < -0.39 is 0 Å². The first-order chi connectivity index (χ1) is 5.75. The lowest BCUT2D eigenvalue weighted by atomic mass is 10.4. The predicted octanol–water partition coefficient (Wildman–Crippen LogP) is 4.53. The second kappa shape index (κ2) is 3.36. The van der Waals surface area contributed by atoms with Crippen LogP contribution < -0.4 is 0 Å². The lowest BCUT2D eigenvalue weighted by Crippen LogP contribution is -1.59. The summed E-state index contributed by atoms with van der Waals surface area (Å²) in [5, 5.41) is 0. The van der Waals surface area contributed by atoms with Gasteiger partial charge in [0.25, 0.3) is 0 Å². The minimum atomic E-state index is 0.766. The van der Waals surface area contributed by atoms with Gasteiger partial charge in [-0.2, -0.15) is 0 Å². The van der Waals surface area contributed by atoms with E-state index in [4.69, 9.17) is 4.42 Å². The maximum atomic E-state index is 5.39. The molecule has 2 aromatic heterocycles. The zero-order valence-corrected chi connectivity index (χ0v) is 9.87. The van der Waals surface area contributed by atoms with Gasteiger partial charge < -0.3 is 4.42 Å². The fourth-order valence-electron chi connectivity index (χ4n) is 0.893. The average molecular weight is 308 g/mol. The molecular formula is C8H4Br2OS. The first-order valence-corrected chi connectivity index (χ1v) is 5.67. The molecule has 2 aromatic rings. The van der Waals surface area contributed by atoms with Crippen molar-refractivity contribution < 1.29 is 4.42 Å². The molecule has 4 heteroatoms. The fourth-order valence-corrected chi connectivity index (χ4v) is 2.55. The van der Waals surface area contributed by atoms with Gasteiger partial charge in [-0.05, 0) is 56.1 Å². The van der Waals surface area contributed by atoms with E-state index in [2.05, 4.69) is 31.9 Å². The highest BCUT2D eigenvalue weighted by atomic mass is 79.9. The van der Waals surface area contributed by atoms with Crippen molar-refractivity contribution in [2.45, 2.75) is 0 Å². The number of hydrogen-bond acceptors (Lipinski definition) is 2. The highest BCUT2D eigenvalue weighted by molar-refractivity contribution is 9.11. The Balaban J connectivity index is 2.43. The Morgan fingerprint density at radius 1 is 1.08 bits per heavy atom. The van der Waals surface area contributed by atoms with Gasteiger partial charge >= 0.3 is 0 Å². The molecule has 0 atom stereocenters. The molecule has 0 spiro atoms. The van der Waals surface area contributed by atoms with Gasteiger partial charge in [0.15, 0.2) is 4.67 Å². The van der Waals surface area contributed by atoms with Crippen LogP contribution in [0.15, 0.2) is 37.1 Å². The molecule has 0 bridgehead atoms. The highest BCUT2D eigenvalue weighted by Gasteiger charge is 2.04. The van der Waals surface area contributed by atoms with E-state index in [9.17, 15) is 0 Å². The van der Waals surface area contributed by atoms with Crippen LogP contribution in [0.25, 0.3) is 10.6 Å². The highest BCUT2D eigenvalue weighted by Crippen LogP contribution is 2.33. The molecular weight excluding hydrogens is 304 g/mol. The van der Waals surface area contributed by atoms with E-state index >= 15 is 0 Å². The van der Waals surface area contributed by atoms with Crippen LogP contribution in [0.2, 0.25) is 0 Å². The maximum Gasteiger partial charge on any atom is 0.169 e. The van der Waals surface area contributed by atoms with Crippen molar-refractivity contribution in [1.29, 1.82) is 0 Å². The van der Waals surface area contributed by atoms with Crippen LogP contribution in [-0.4, -0.2) is 0 Å². The smallest absolute Gasteiger partial charge is 0.169 e. The Labute approximate surface area is 90.7 Å². The summed E-state index contributed by atoms with van der Waals surface area (Å²) in [5.74, 6) is 0.901. The van der Waals surface area contributed by atoms with E-state index in [-0.39, 0.29) is 0 Å². The molecule has 2 heterocycles. The van der Waals surface area contributed by atoms with E-state index in [1.807, 2.05) is 24.3 Å². The van der Waals surface area contributed by atoms with E-state index in [1.54, 1.807) is 11.3 Å². The van der Waals surface area contributed by atoms with Gasteiger partial charge in [-0.1, -0.05) is 0 Å². The standard InChI is InChI=1S/C8H4Br2OS/c9-7-3-1-5(11-7)6-2-4-8(10)12-6/h1-4H. The first kappa shape index (κ1) is 8.53. The molecule has 0 saturated carbocycles. The van der Waals surface area contributed by atoms with Crippen molar-refractivity contribution in [1.82, 2.24) is 0 Å². The summed E-state index contributed by atoms with van der Waals surface area (Å²) in [6.45, 7) is 0. The number of thiophene rings is 1. The molecule has 62 valence electrons. The molecule has 12 heavy (non-hydrogen) atoms. The third-order valence-corrected chi connectivity index (χ3v) is 3.45. The summed E-state index contributed by atoms with van der Waals surface area (Å²) in [6, 6.07) is 7.88. The third kappa shape index (κ3) is 1.65. The number of hydrogen-bond donors (Lipinski definition) is 0. The van der Waals surface area contributed by atoms with Crippen molar-refractivity contribution in [2.24, 2.45) is 0 Å². The quantitative estimate of drug-likeness (QED) is 0.754. The van der Waals surface area contributed by atoms with Crippen molar-refractivity contribution in [3.05, 3.63) is 32.7 Å². The van der Waals surface area contributed by atoms with Crippen LogP contribution in [0.5, 0.6) is 0 Å². The molecule has 0 aromatic carbocycles. The monoisotopic (exact) mass is 306 g/mol. The van der Waals surface area contributed by atoms with Crippen molar-refractivity contribution in [2.75, 3.05) is 0 Å². The van der Waals surface area contributed by atoms with Gasteiger partial charge in [0, 0.05) is 0 Å². The second-order valence-corrected chi connectivity index (χ2v) is 5.45. The topological polar surface area (TPSA) is 13.1 Å². The predicted molar refractivity (Wildman–Crippen MR) is 57.4 cm³/mol. The molecule has 0 aliphatic carbocycles. The van der Waals surface area contributed by atoms with Gasteiger partial charge in [0.05, 0.1) is 8.66 Å². The lowest BCUT2D eigenvalue weighted by molar-refractivity contribution is 0.557. The molecule has 1 nitrogen and oxygen atoms in total. The number of furan rings is 1. The van der Waals surface area contributed by atoms with Crippen LogP contribution in [0.4, 0.5) is 0 Å². The summed E-state index contributed by atoms with van der Waals surface area (Å²) in [4.78, 5) is 1.13. The van der Waals surface area contributed by atoms with Crippen LogP contribution >= 0.6 is 43.2 Å². The fraction of sp³-hybridized carbons (Fsp3) is 0. The number of rotatable bonds is 1. The SMILES string of the molecule is Brc1ccc(-c2ccc(Br)s2)o1. The van der Waals surface area contributed by atoms with E-state index in [0.29, 0.717) is 0 Å². The van der Waals surface area contributed by atoms with Crippen LogP contribution in [-0.2, 0) is 0 Å². The van der Waals surface area contributed by atoms with Gasteiger partial charge in [0.2, 0.25) is 0 Å². The summed E-state index contributed by atoms with van der Waals surface area (Å²) in [7, 11) is 0. The van der Waals surface area contributed by atoms with Crippen LogP contribution in [0.3, 0.4) is 0 Å². The molecule has 0 fully saturated rings. The summed E-state index contributed by atoms with van der Waals surface area (Å²) < 4.78 is 7.27. The summed E-state index contributed by atoms with van der Waals surface area (Å²) >= 11 is 8.32. The van der Waals surface area contributed by atoms with Gasteiger partial charge in [-0.15, -0.1) is 11.3 Å². The minimum absolute atomic E-state index is 0.766. The minimum Gasteiger partial charge on any atom is -0.449 e. The molecule has 0 saturated heterocycles. The first-order valence-electron chi connectivity index (χ1n) is 3.27. The largest absolute Gasteiger partial charge is 0.449 e. The Bertz CT molecular complexity index is 353. The Morgan fingerprint density at radius 2 is 1.92 bits per heavy atom. The summed E-state index contributed by atoms with van der Waals surface area (Å²) in [6.07, 6.45) is 0. The average Bonchev–Trinajstić information content (AvgIpc) is 2.58. The van der Waals surface area contributed by atoms with Crippen LogP contribution in [0.1, 0.15) is 0 Å². The lowest BCUT2D eigenvalue weighted by Gasteiger charge is -1.86. The van der Waals surface area contributed by atoms with Gasteiger partial charge in [-0.25, -0.2) is 0 Å². The normalized spacial score (nSPS) is 10.5. The number of halogens is 2. The molecule has 0 unspecified atom stereocenters.